The number of rotatable bonds is 1. The highest BCUT2D eigenvalue weighted by atomic mass is 32.1. The van der Waals surface area contributed by atoms with E-state index in [1.54, 1.807) is 6.20 Å². The second kappa shape index (κ2) is 3.82. The first kappa shape index (κ1) is 10.2. The fraction of sp³-hybridized carbons (Fsp3) is 0.0769. The van der Waals surface area contributed by atoms with Crippen molar-refractivity contribution < 1.29 is 0 Å². The van der Waals surface area contributed by atoms with Gasteiger partial charge in [0.1, 0.15) is 0 Å². The molecule has 3 nitrogen and oxygen atoms in total. The summed E-state index contributed by atoms with van der Waals surface area (Å²) in [7, 11) is 0. The highest BCUT2D eigenvalue weighted by Crippen LogP contribution is 2.22. The lowest BCUT2D eigenvalue weighted by Crippen LogP contribution is -1.97. The summed E-state index contributed by atoms with van der Waals surface area (Å²) >= 11 is 5.30. The van der Waals surface area contributed by atoms with E-state index in [0.717, 1.165) is 22.3 Å². The average Bonchev–Trinajstić information content (AvgIpc) is 2.69. The Kier molecular flexibility index (Phi) is 2.30. The molecule has 0 aliphatic rings. The van der Waals surface area contributed by atoms with Gasteiger partial charge in [-0.15, -0.1) is 0 Å². The van der Waals surface area contributed by atoms with Gasteiger partial charge in [-0.25, -0.2) is 0 Å². The van der Waals surface area contributed by atoms with E-state index in [0.29, 0.717) is 4.77 Å². The van der Waals surface area contributed by atoms with Crippen molar-refractivity contribution in [2.45, 2.75) is 6.92 Å². The normalized spacial score (nSPS) is 10.9. The van der Waals surface area contributed by atoms with Crippen LogP contribution in [0.1, 0.15) is 5.69 Å². The van der Waals surface area contributed by atoms with Crippen LogP contribution in [0, 0.1) is 11.7 Å². The summed E-state index contributed by atoms with van der Waals surface area (Å²) in [5, 5.41) is 1.11. The molecule has 84 valence electrons. The van der Waals surface area contributed by atoms with Gasteiger partial charge >= 0.3 is 0 Å². The van der Waals surface area contributed by atoms with E-state index in [9.17, 15) is 0 Å². The van der Waals surface area contributed by atoms with Gasteiger partial charge in [-0.2, -0.15) is 0 Å². The number of hydrogen-bond acceptors (Lipinski definition) is 2. The first-order valence-corrected chi connectivity index (χ1v) is 5.79. The number of H-pyrrole nitrogens is 1. The fourth-order valence-corrected chi connectivity index (χ4v) is 2.34. The minimum Gasteiger partial charge on any atom is -0.337 e. The van der Waals surface area contributed by atoms with E-state index >= 15 is 0 Å². The molecule has 0 unspecified atom stereocenters. The molecule has 0 bridgehead atoms. The van der Waals surface area contributed by atoms with Crippen molar-refractivity contribution in [3.8, 4) is 5.69 Å². The summed E-state index contributed by atoms with van der Waals surface area (Å²) in [6.45, 7) is 2.03. The van der Waals surface area contributed by atoms with E-state index in [-0.39, 0.29) is 0 Å². The van der Waals surface area contributed by atoms with Crippen molar-refractivity contribution in [3.05, 3.63) is 53.2 Å². The summed E-state index contributed by atoms with van der Waals surface area (Å²) in [5.74, 6) is 0. The molecule has 0 radical (unpaired) electrons. The number of aryl methyl sites for hydroxylation is 1. The van der Waals surface area contributed by atoms with Crippen molar-refractivity contribution in [3.63, 3.8) is 0 Å². The second-order valence-electron chi connectivity index (χ2n) is 3.92. The van der Waals surface area contributed by atoms with Crippen LogP contribution in [0.2, 0.25) is 0 Å². The summed E-state index contributed by atoms with van der Waals surface area (Å²) in [6, 6.07) is 10.1. The monoisotopic (exact) mass is 241 g/mol. The van der Waals surface area contributed by atoms with Gasteiger partial charge in [0.15, 0.2) is 4.77 Å². The molecular formula is C13H11N3S. The molecule has 0 atom stereocenters. The van der Waals surface area contributed by atoms with Crippen molar-refractivity contribution >= 4 is 23.1 Å². The quantitative estimate of drug-likeness (QED) is 0.662. The molecule has 3 rings (SSSR count). The van der Waals surface area contributed by atoms with E-state index in [1.165, 1.54) is 0 Å². The van der Waals surface area contributed by atoms with Crippen molar-refractivity contribution in [2.24, 2.45) is 0 Å². The number of nitrogens with zero attached hydrogens (tertiary/aromatic N) is 2. The largest absolute Gasteiger partial charge is 0.337 e. The fourth-order valence-electron chi connectivity index (χ4n) is 2.04. The highest BCUT2D eigenvalue weighted by Gasteiger charge is 2.06. The van der Waals surface area contributed by atoms with Crippen LogP contribution < -0.4 is 0 Å². The lowest BCUT2D eigenvalue weighted by Gasteiger charge is -2.08. The Hall–Kier alpha value is -1.94. The second-order valence-corrected chi connectivity index (χ2v) is 4.30. The van der Waals surface area contributed by atoms with E-state index < -0.39 is 0 Å². The molecule has 0 fully saturated rings. The zero-order chi connectivity index (χ0) is 11.8. The maximum atomic E-state index is 5.30. The lowest BCUT2D eigenvalue weighted by molar-refractivity contribution is 0.994. The third-order valence-electron chi connectivity index (χ3n) is 2.82. The van der Waals surface area contributed by atoms with E-state index in [4.69, 9.17) is 12.2 Å². The first-order chi connectivity index (χ1) is 8.27. The van der Waals surface area contributed by atoms with Gasteiger partial charge in [0.2, 0.25) is 0 Å². The molecular weight excluding hydrogens is 230 g/mol. The molecule has 17 heavy (non-hydrogen) atoms. The number of aromatic nitrogens is 3. The number of imidazole rings is 1. The molecule has 2 heterocycles. The molecule has 0 aliphatic carbocycles. The van der Waals surface area contributed by atoms with Crippen LogP contribution in [0.15, 0.2) is 42.7 Å². The number of benzene rings is 1. The number of nitrogens with one attached hydrogen (secondary N) is 1. The SMILES string of the molecule is Cc1c[nH]c(=S)n1-c1cccc2ncccc12. The van der Waals surface area contributed by atoms with Crippen molar-refractivity contribution in [1.29, 1.82) is 0 Å². The van der Waals surface area contributed by atoms with Gasteiger partial charge in [0.05, 0.1) is 11.2 Å². The summed E-state index contributed by atoms with van der Waals surface area (Å²) < 4.78 is 2.73. The number of aromatic amines is 1. The zero-order valence-electron chi connectivity index (χ0n) is 9.34. The smallest absolute Gasteiger partial charge is 0.182 e. The summed E-state index contributed by atoms with van der Waals surface area (Å²) in [6.07, 6.45) is 3.72. The molecule has 0 spiro atoms. The predicted octanol–water partition coefficient (Wildman–Crippen LogP) is 3.39. The summed E-state index contributed by atoms with van der Waals surface area (Å²) in [5.41, 5.74) is 3.14. The molecule has 0 amide bonds. The van der Waals surface area contributed by atoms with Crippen LogP contribution in [0.4, 0.5) is 0 Å². The Morgan fingerprint density at radius 3 is 2.88 bits per heavy atom. The number of fused-ring (bicyclic) bond motifs is 1. The van der Waals surface area contributed by atoms with Gasteiger partial charge in [0.25, 0.3) is 0 Å². The van der Waals surface area contributed by atoms with Gasteiger partial charge in [0, 0.05) is 23.5 Å². The molecule has 1 N–H and O–H groups in total. The average molecular weight is 241 g/mol. The standard InChI is InChI=1S/C13H11N3S/c1-9-8-15-13(17)16(9)12-6-2-5-11-10(12)4-3-7-14-11/h2-8H,1H3,(H,15,17). The molecule has 2 aromatic heterocycles. The topological polar surface area (TPSA) is 33.6 Å². The van der Waals surface area contributed by atoms with Crippen LogP contribution in [-0.2, 0) is 0 Å². The molecule has 4 heteroatoms. The molecule has 0 aliphatic heterocycles. The van der Waals surface area contributed by atoms with E-state index in [1.807, 2.05) is 35.9 Å². The Labute approximate surface area is 104 Å². The summed E-state index contributed by atoms with van der Waals surface area (Å²) in [4.78, 5) is 7.41. The Bertz CT molecular complexity index is 734. The third kappa shape index (κ3) is 1.57. The van der Waals surface area contributed by atoms with Crippen molar-refractivity contribution in [1.82, 2.24) is 14.5 Å². The molecule has 1 aromatic carbocycles. The van der Waals surface area contributed by atoms with Gasteiger partial charge < -0.3 is 4.98 Å². The van der Waals surface area contributed by atoms with Crippen LogP contribution in [-0.4, -0.2) is 14.5 Å². The Morgan fingerprint density at radius 1 is 1.24 bits per heavy atom. The van der Waals surface area contributed by atoms with Gasteiger partial charge in [-0.1, -0.05) is 6.07 Å². The van der Waals surface area contributed by atoms with Crippen molar-refractivity contribution in [2.75, 3.05) is 0 Å². The highest BCUT2D eigenvalue weighted by molar-refractivity contribution is 7.71. The number of hydrogen-bond donors (Lipinski definition) is 1. The van der Waals surface area contributed by atoms with Crippen LogP contribution in [0.25, 0.3) is 16.6 Å². The predicted molar refractivity (Wildman–Crippen MR) is 71.0 cm³/mol. The molecule has 3 aromatic rings. The Morgan fingerprint density at radius 2 is 2.12 bits per heavy atom. The van der Waals surface area contributed by atoms with Crippen LogP contribution in [0.3, 0.4) is 0 Å². The maximum absolute atomic E-state index is 5.30. The van der Waals surface area contributed by atoms with E-state index in [2.05, 4.69) is 22.1 Å². The van der Waals surface area contributed by atoms with Gasteiger partial charge in [-0.3, -0.25) is 9.55 Å². The maximum Gasteiger partial charge on any atom is 0.182 e. The minimum absolute atomic E-state index is 0.707. The third-order valence-corrected chi connectivity index (χ3v) is 3.12. The minimum atomic E-state index is 0.707. The zero-order valence-corrected chi connectivity index (χ0v) is 10.2. The Balaban J connectivity index is 2.43. The first-order valence-electron chi connectivity index (χ1n) is 5.38. The van der Waals surface area contributed by atoms with Crippen LogP contribution in [0.5, 0.6) is 0 Å². The number of pyridine rings is 1. The molecule has 0 saturated heterocycles. The van der Waals surface area contributed by atoms with Gasteiger partial charge in [-0.05, 0) is 43.4 Å². The lowest BCUT2D eigenvalue weighted by atomic mass is 10.2. The van der Waals surface area contributed by atoms with Crippen LogP contribution >= 0.6 is 12.2 Å². The molecule has 0 saturated carbocycles.